The molecule has 0 saturated carbocycles. The van der Waals surface area contributed by atoms with Gasteiger partial charge in [-0.05, 0) is 13.0 Å². The third-order valence-electron chi connectivity index (χ3n) is 1.77. The van der Waals surface area contributed by atoms with Crippen LogP contribution in [-0.2, 0) is 16.1 Å². The summed E-state index contributed by atoms with van der Waals surface area (Å²) in [6.45, 7) is 3.44. The van der Waals surface area contributed by atoms with Gasteiger partial charge in [-0.3, -0.25) is 0 Å². The minimum Gasteiger partial charge on any atom is -0.467 e. The van der Waals surface area contributed by atoms with Crippen LogP contribution < -0.4 is 4.74 Å². The lowest BCUT2D eigenvalue weighted by Crippen LogP contribution is -2.04. The zero-order chi connectivity index (χ0) is 10.2. The summed E-state index contributed by atoms with van der Waals surface area (Å²) in [7, 11) is 1.67. The molecule has 0 fully saturated rings. The Morgan fingerprint density at radius 3 is 2.71 bits per heavy atom. The predicted octanol–water partition coefficient (Wildman–Crippen LogP) is 2.21. The Balaban J connectivity index is 2.55. The van der Waals surface area contributed by atoms with E-state index in [9.17, 15) is 0 Å². The lowest BCUT2D eigenvalue weighted by Gasteiger charge is -2.10. The summed E-state index contributed by atoms with van der Waals surface area (Å²) in [6, 6.07) is 7.78. The zero-order valence-electron chi connectivity index (χ0n) is 8.66. The maximum atomic E-state index is 5.43. The van der Waals surface area contributed by atoms with Crippen LogP contribution in [0.15, 0.2) is 24.3 Å². The summed E-state index contributed by atoms with van der Waals surface area (Å²) >= 11 is 0. The highest BCUT2D eigenvalue weighted by Gasteiger charge is 2.01. The van der Waals surface area contributed by atoms with Gasteiger partial charge in [-0.1, -0.05) is 18.2 Å². The Morgan fingerprint density at radius 2 is 2.00 bits per heavy atom. The molecule has 1 aromatic carbocycles. The maximum absolute atomic E-state index is 5.43. The SMILES string of the molecule is CCOCOc1ccccc1COC. The number of ether oxygens (including phenoxy) is 3. The van der Waals surface area contributed by atoms with Crippen LogP contribution in [0.4, 0.5) is 0 Å². The first-order valence-electron chi connectivity index (χ1n) is 4.66. The smallest absolute Gasteiger partial charge is 0.189 e. The highest BCUT2D eigenvalue weighted by Crippen LogP contribution is 2.18. The van der Waals surface area contributed by atoms with Gasteiger partial charge in [0.25, 0.3) is 0 Å². The van der Waals surface area contributed by atoms with E-state index in [-0.39, 0.29) is 6.79 Å². The molecule has 3 nitrogen and oxygen atoms in total. The molecule has 0 heterocycles. The van der Waals surface area contributed by atoms with Crippen LogP contribution >= 0.6 is 0 Å². The fourth-order valence-corrected chi connectivity index (χ4v) is 1.11. The summed E-state index contributed by atoms with van der Waals surface area (Å²) < 4.78 is 15.6. The third-order valence-corrected chi connectivity index (χ3v) is 1.77. The van der Waals surface area contributed by atoms with E-state index >= 15 is 0 Å². The number of hydrogen-bond acceptors (Lipinski definition) is 3. The van der Waals surface area contributed by atoms with Gasteiger partial charge < -0.3 is 14.2 Å². The molecule has 14 heavy (non-hydrogen) atoms. The van der Waals surface area contributed by atoms with Crippen LogP contribution in [0.3, 0.4) is 0 Å². The number of methoxy groups -OCH3 is 1. The van der Waals surface area contributed by atoms with Crippen molar-refractivity contribution < 1.29 is 14.2 Å². The Labute approximate surface area is 84.6 Å². The quantitative estimate of drug-likeness (QED) is 0.515. The highest BCUT2D eigenvalue weighted by molar-refractivity contribution is 5.32. The van der Waals surface area contributed by atoms with Gasteiger partial charge in [-0.15, -0.1) is 0 Å². The molecule has 0 unspecified atom stereocenters. The van der Waals surface area contributed by atoms with Gasteiger partial charge in [0.05, 0.1) is 6.61 Å². The van der Waals surface area contributed by atoms with Crippen molar-refractivity contribution >= 4 is 0 Å². The van der Waals surface area contributed by atoms with Gasteiger partial charge in [-0.25, -0.2) is 0 Å². The lowest BCUT2D eigenvalue weighted by molar-refractivity contribution is 0.0208. The molecule has 0 aromatic heterocycles. The molecule has 0 atom stereocenters. The van der Waals surface area contributed by atoms with Crippen molar-refractivity contribution in [1.82, 2.24) is 0 Å². The molecule has 0 N–H and O–H groups in total. The molecule has 0 bridgehead atoms. The number of hydrogen-bond donors (Lipinski definition) is 0. The molecule has 0 aliphatic heterocycles. The van der Waals surface area contributed by atoms with Crippen LogP contribution in [0.1, 0.15) is 12.5 Å². The largest absolute Gasteiger partial charge is 0.467 e. The number of rotatable bonds is 6. The van der Waals surface area contributed by atoms with Crippen molar-refractivity contribution in [2.75, 3.05) is 20.5 Å². The lowest BCUT2D eigenvalue weighted by atomic mass is 10.2. The second-order valence-electron chi connectivity index (χ2n) is 2.80. The van der Waals surface area contributed by atoms with E-state index in [4.69, 9.17) is 14.2 Å². The summed E-state index contributed by atoms with van der Waals surface area (Å²) in [6.07, 6.45) is 0. The molecule has 0 saturated heterocycles. The van der Waals surface area contributed by atoms with Crippen molar-refractivity contribution in [3.05, 3.63) is 29.8 Å². The van der Waals surface area contributed by atoms with Crippen molar-refractivity contribution in [2.24, 2.45) is 0 Å². The van der Waals surface area contributed by atoms with E-state index in [1.807, 2.05) is 31.2 Å². The van der Waals surface area contributed by atoms with E-state index < -0.39 is 0 Å². The monoisotopic (exact) mass is 196 g/mol. The van der Waals surface area contributed by atoms with E-state index in [0.717, 1.165) is 11.3 Å². The molecular weight excluding hydrogens is 180 g/mol. The van der Waals surface area contributed by atoms with Gasteiger partial charge in [0.2, 0.25) is 0 Å². The zero-order valence-corrected chi connectivity index (χ0v) is 8.66. The minimum absolute atomic E-state index is 0.289. The van der Waals surface area contributed by atoms with Crippen molar-refractivity contribution in [2.45, 2.75) is 13.5 Å². The van der Waals surface area contributed by atoms with E-state index in [1.165, 1.54) is 0 Å². The van der Waals surface area contributed by atoms with Crippen LogP contribution in [0.5, 0.6) is 5.75 Å². The molecule has 1 rings (SSSR count). The van der Waals surface area contributed by atoms with Gasteiger partial charge in [0.15, 0.2) is 6.79 Å². The van der Waals surface area contributed by atoms with Crippen LogP contribution in [0.25, 0.3) is 0 Å². The van der Waals surface area contributed by atoms with Crippen LogP contribution in [0.2, 0.25) is 0 Å². The molecule has 0 spiro atoms. The topological polar surface area (TPSA) is 27.7 Å². The van der Waals surface area contributed by atoms with E-state index in [1.54, 1.807) is 7.11 Å². The standard InChI is InChI=1S/C11H16O3/c1-3-13-9-14-11-7-5-4-6-10(11)8-12-2/h4-7H,3,8-9H2,1-2H3. The number of para-hydroxylation sites is 1. The molecule has 3 heteroatoms. The highest BCUT2D eigenvalue weighted by atomic mass is 16.7. The Hall–Kier alpha value is -1.06. The fraction of sp³-hybridized carbons (Fsp3) is 0.455. The van der Waals surface area contributed by atoms with E-state index in [0.29, 0.717) is 13.2 Å². The average Bonchev–Trinajstić information content (AvgIpc) is 2.21. The molecular formula is C11H16O3. The first kappa shape index (κ1) is 11.0. The molecule has 0 amide bonds. The molecule has 0 aliphatic rings. The maximum Gasteiger partial charge on any atom is 0.189 e. The Bertz CT molecular complexity index is 260. The predicted molar refractivity (Wildman–Crippen MR) is 54.3 cm³/mol. The summed E-state index contributed by atoms with van der Waals surface area (Å²) in [4.78, 5) is 0. The molecule has 78 valence electrons. The summed E-state index contributed by atoms with van der Waals surface area (Å²) in [5, 5.41) is 0. The van der Waals surface area contributed by atoms with Crippen LogP contribution in [0, 0.1) is 0 Å². The second-order valence-corrected chi connectivity index (χ2v) is 2.80. The van der Waals surface area contributed by atoms with Crippen molar-refractivity contribution in [3.8, 4) is 5.75 Å². The van der Waals surface area contributed by atoms with Gasteiger partial charge in [0, 0.05) is 19.3 Å². The number of benzene rings is 1. The van der Waals surface area contributed by atoms with Crippen molar-refractivity contribution in [3.63, 3.8) is 0 Å². The molecule has 1 aromatic rings. The fourth-order valence-electron chi connectivity index (χ4n) is 1.11. The van der Waals surface area contributed by atoms with Gasteiger partial charge in [-0.2, -0.15) is 0 Å². The Kier molecular flexibility index (Phi) is 5.04. The van der Waals surface area contributed by atoms with Gasteiger partial charge >= 0.3 is 0 Å². The van der Waals surface area contributed by atoms with Crippen LogP contribution in [-0.4, -0.2) is 20.5 Å². The third kappa shape index (κ3) is 3.36. The minimum atomic E-state index is 0.289. The van der Waals surface area contributed by atoms with E-state index in [2.05, 4.69) is 0 Å². The molecule has 0 radical (unpaired) electrons. The van der Waals surface area contributed by atoms with Crippen molar-refractivity contribution in [1.29, 1.82) is 0 Å². The summed E-state index contributed by atoms with van der Waals surface area (Å²) in [5.41, 5.74) is 1.04. The first-order chi connectivity index (χ1) is 6.88. The van der Waals surface area contributed by atoms with Gasteiger partial charge in [0.1, 0.15) is 5.75 Å². The summed E-state index contributed by atoms with van der Waals surface area (Å²) in [5.74, 6) is 0.822. The average molecular weight is 196 g/mol. The second kappa shape index (κ2) is 6.40. The normalized spacial score (nSPS) is 10.1. The first-order valence-corrected chi connectivity index (χ1v) is 4.66. The Morgan fingerprint density at radius 1 is 1.21 bits per heavy atom. The molecule has 0 aliphatic carbocycles.